The SMILES string of the molecule is CC1CN(C(=O)c2ccc([N+](=O)[O-])n2C)CC1N. The van der Waals surface area contributed by atoms with Crippen LogP contribution in [0.25, 0.3) is 0 Å². The molecule has 1 aromatic rings. The van der Waals surface area contributed by atoms with Gasteiger partial charge >= 0.3 is 5.82 Å². The van der Waals surface area contributed by atoms with Crippen LogP contribution in [0.15, 0.2) is 12.1 Å². The van der Waals surface area contributed by atoms with Gasteiger partial charge in [-0.2, -0.15) is 0 Å². The fourth-order valence-electron chi connectivity index (χ4n) is 2.22. The van der Waals surface area contributed by atoms with Gasteiger partial charge in [0, 0.05) is 25.2 Å². The van der Waals surface area contributed by atoms with Crippen molar-refractivity contribution in [1.82, 2.24) is 9.47 Å². The van der Waals surface area contributed by atoms with Crippen LogP contribution in [0.4, 0.5) is 5.82 Å². The number of aromatic nitrogens is 1. The van der Waals surface area contributed by atoms with Crippen molar-refractivity contribution < 1.29 is 9.72 Å². The van der Waals surface area contributed by atoms with Gasteiger partial charge in [-0.1, -0.05) is 6.92 Å². The van der Waals surface area contributed by atoms with Crippen LogP contribution in [0, 0.1) is 16.0 Å². The fraction of sp³-hybridized carbons (Fsp3) is 0.545. The lowest BCUT2D eigenvalue weighted by molar-refractivity contribution is -0.391. The first-order valence-electron chi connectivity index (χ1n) is 5.76. The summed E-state index contributed by atoms with van der Waals surface area (Å²) in [5.41, 5.74) is 6.19. The summed E-state index contributed by atoms with van der Waals surface area (Å²) in [5, 5.41) is 10.7. The van der Waals surface area contributed by atoms with Gasteiger partial charge in [0.25, 0.3) is 5.91 Å². The molecular formula is C11H16N4O3. The summed E-state index contributed by atoms with van der Waals surface area (Å²) in [5.74, 6) is -0.0375. The Balaban J connectivity index is 2.22. The molecule has 2 heterocycles. The number of nitrogens with zero attached hydrogens (tertiary/aromatic N) is 3. The molecule has 7 nitrogen and oxygen atoms in total. The molecule has 0 spiro atoms. The van der Waals surface area contributed by atoms with Crippen LogP contribution in [0.1, 0.15) is 17.4 Å². The van der Waals surface area contributed by atoms with Crippen LogP contribution in [-0.4, -0.2) is 39.4 Å². The Bertz CT molecular complexity index is 486. The summed E-state index contributed by atoms with van der Waals surface area (Å²) in [4.78, 5) is 24.1. The quantitative estimate of drug-likeness (QED) is 0.607. The second-order valence-corrected chi connectivity index (χ2v) is 4.74. The topological polar surface area (TPSA) is 94.4 Å². The summed E-state index contributed by atoms with van der Waals surface area (Å²) >= 11 is 0. The van der Waals surface area contributed by atoms with Gasteiger partial charge < -0.3 is 20.7 Å². The molecule has 1 fully saturated rings. The highest BCUT2D eigenvalue weighted by atomic mass is 16.6. The molecule has 2 N–H and O–H groups in total. The van der Waals surface area contributed by atoms with Crippen molar-refractivity contribution in [3.8, 4) is 0 Å². The summed E-state index contributed by atoms with van der Waals surface area (Å²) in [6.45, 7) is 3.09. The van der Waals surface area contributed by atoms with Crippen molar-refractivity contribution in [1.29, 1.82) is 0 Å². The minimum absolute atomic E-state index is 0.0239. The van der Waals surface area contributed by atoms with Crippen molar-refractivity contribution in [3.63, 3.8) is 0 Å². The summed E-state index contributed by atoms with van der Waals surface area (Å²) in [7, 11) is 1.52. The average Bonchev–Trinajstić information content (AvgIpc) is 2.82. The number of likely N-dealkylation sites (tertiary alicyclic amines) is 1. The van der Waals surface area contributed by atoms with Crippen molar-refractivity contribution >= 4 is 11.7 Å². The number of carbonyl (C=O) groups is 1. The van der Waals surface area contributed by atoms with Crippen molar-refractivity contribution in [2.24, 2.45) is 18.7 Å². The predicted octanol–water partition coefficient (Wildman–Crippen LogP) is 0.352. The molecule has 1 aromatic heterocycles. The number of nitrogens with two attached hydrogens (primary N) is 1. The lowest BCUT2D eigenvalue weighted by atomic mass is 10.1. The molecular weight excluding hydrogens is 236 g/mol. The Morgan fingerprint density at radius 1 is 1.50 bits per heavy atom. The molecule has 1 aliphatic rings. The molecule has 0 saturated carbocycles. The van der Waals surface area contributed by atoms with E-state index >= 15 is 0 Å². The Hall–Kier alpha value is -1.89. The van der Waals surface area contributed by atoms with E-state index < -0.39 is 4.92 Å². The normalized spacial score (nSPS) is 23.4. The van der Waals surface area contributed by atoms with E-state index in [-0.39, 0.29) is 23.7 Å². The molecule has 1 aliphatic heterocycles. The minimum atomic E-state index is -0.505. The van der Waals surface area contributed by atoms with Gasteiger partial charge in [0.15, 0.2) is 5.69 Å². The number of carbonyl (C=O) groups excluding carboxylic acids is 1. The van der Waals surface area contributed by atoms with Crippen LogP contribution >= 0.6 is 0 Å². The summed E-state index contributed by atoms with van der Waals surface area (Å²) < 4.78 is 1.30. The van der Waals surface area contributed by atoms with Gasteiger partial charge in [0.2, 0.25) is 0 Å². The van der Waals surface area contributed by atoms with E-state index in [4.69, 9.17) is 5.73 Å². The molecule has 1 saturated heterocycles. The highest BCUT2D eigenvalue weighted by molar-refractivity contribution is 5.93. The number of hydrogen-bond donors (Lipinski definition) is 1. The Kier molecular flexibility index (Phi) is 3.08. The maximum absolute atomic E-state index is 12.2. The number of hydrogen-bond acceptors (Lipinski definition) is 4. The molecule has 2 rings (SSSR count). The fourth-order valence-corrected chi connectivity index (χ4v) is 2.22. The molecule has 2 atom stereocenters. The molecule has 7 heteroatoms. The van der Waals surface area contributed by atoms with Gasteiger partial charge in [-0.15, -0.1) is 0 Å². The lowest BCUT2D eigenvalue weighted by Gasteiger charge is -2.14. The molecule has 0 aliphatic carbocycles. The molecule has 98 valence electrons. The highest BCUT2D eigenvalue weighted by Crippen LogP contribution is 2.20. The zero-order valence-corrected chi connectivity index (χ0v) is 10.4. The van der Waals surface area contributed by atoms with E-state index in [1.54, 1.807) is 4.90 Å². The number of nitro groups is 1. The van der Waals surface area contributed by atoms with Gasteiger partial charge in [-0.05, 0) is 16.9 Å². The van der Waals surface area contributed by atoms with Gasteiger partial charge in [-0.25, -0.2) is 4.57 Å². The van der Waals surface area contributed by atoms with Crippen molar-refractivity contribution in [2.75, 3.05) is 13.1 Å². The molecule has 1 amide bonds. The maximum Gasteiger partial charge on any atom is 0.323 e. The van der Waals surface area contributed by atoms with Gasteiger partial charge in [-0.3, -0.25) is 4.79 Å². The minimum Gasteiger partial charge on any atom is -0.358 e. The lowest BCUT2D eigenvalue weighted by Crippen LogP contribution is -2.33. The third-order valence-electron chi connectivity index (χ3n) is 3.46. The van der Waals surface area contributed by atoms with E-state index in [1.165, 1.54) is 23.7 Å². The van der Waals surface area contributed by atoms with E-state index in [1.807, 2.05) is 6.92 Å². The smallest absolute Gasteiger partial charge is 0.323 e. The first kappa shape index (κ1) is 12.6. The van der Waals surface area contributed by atoms with E-state index in [9.17, 15) is 14.9 Å². The Morgan fingerprint density at radius 3 is 2.61 bits per heavy atom. The monoisotopic (exact) mass is 252 g/mol. The van der Waals surface area contributed by atoms with Crippen LogP contribution in [-0.2, 0) is 7.05 Å². The van der Waals surface area contributed by atoms with Crippen LogP contribution in [0.5, 0.6) is 0 Å². The first-order chi connectivity index (χ1) is 8.41. The molecule has 0 aromatic carbocycles. The Morgan fingerprint density at radius 2 is 2.17 bits per heavy atom. The molecule has 0 bridgehead atoms. The zero-order chi connectivity index (χ0) is 13.4. The molecule has 2 unspecified atom stereocenters. The van der Waals surface area contributed by atoms with E-state index in [0.717, 1.165) is 0 Å². The third-order valence-corrected chi connectivity index (χ3v) is 3.46. The van der Waals surface area contributed by atoms with Crippen LogP contribution < -0.4 is 5.73 Å². The van der Waals surface area contributed by atoms with Crippen molar-refractivity contribution in [3.05, 3.63) is 27.9 Å². The average molecular weight is 252 g/mol. The second kappa shape index (κ2) is 4.41. The predicted molar refractivity (Wildman–Crippen MR) is 65.1 cm³/mol. The molecule has 18 heavy (non-hydrogen) atoms. The van der Waals surface area contributed by atoms with Crippen LogP contribution in [0.3, 0.4) is 0 Å². The van der Waals surface area contributed by atoms with Gasteiger partial charge in [0.05, 0.1) is 7.05 Å². The number of amides is 1. The maximum atomic E-state index is 12.2. The van der Waals surface area contributed by atoms with E-state index in [0.29, 0.717) is 18.8 Å². The standard InChI is InChI=1S/C11H16N4O3/c1-7-5-14(6-8(7)12)11(16)9-3-4-10(13(9)2)15(17)18/h3-4,7-8H,5-6,12H2,1-2H3. The zero-order valence-electron chi connectivity index (χ0n) is 10.4. The summed E-state index contributed by atoms with van der Waals surface area (Å²) in [6.07, 6.45) is 0. The Labute approximate surface area is 104 Å². The first-order valence-corrected chi connectivity index (χ1v) is 5.76. The highest BCUT2D eigenvalue weighted by Gasteiger charge is 2.33. The van der Waals surface area contributed by atoms with Crippen molar-refractivity contribution in [2.45, 2.75) is 13.0 Å². The summed E-state index contributed by atoms with van der Waals surface area (Å²) in [6, 6.07) is 2.80. The van der Waals surface area contributed by atoms with Gasteiger partial charge in [0.1, 0.15) is 0 Å². The van der Waals surface area contributed by atoms with Crippen LogP contribution in [0.2, 0.25) is 0 Å². The number of rotatable bonds is 2. The second-order valence-electron chi connectivity index (χ2n) is 4.74. The van der Waals surface area contributed by atoms with E-state index in [2.05, 4.69) is 0 Å². The molecule has 0 radical (unpaired) electrons. The third kappa shape index (κ3) is 1.97. The largest absolute Gasteiger partial charge is 0.358 e.